The van der Waals surface area contributed by atoms with Crippen molar-refractivity contribution < 1.29 is 19.8 Å². The summed E-state index contributed by atoms with van der Waals surface area (Å²) in [5.41, 5.74) is 1.22. The Kier molecular flexibility index (Phi) is 5.22. The number of benzene rings is 1. The summed E-state index contributed by atoms with van der Waals surface area (Å²) in [7, 11) is -0.883. The zero-order chi connectivity index (χ0) is 17.2. The maximum absolute atomic E-state index is 12.2. The van der Waals surface area contributed by atoms with Gasteiger partial charge in [-0.3, -0.25) is 9.59 Å². The molecule has 1 aromatic rings. The lowest BCUT2D eigenvalue weighted by molar-refractivity contribution is -0.138. The van der Waals surface area contributed by atoms with Crippen molar-refractivity contribution in [1.29, 1.82) is 0 Å². The first-order valence-corrected chi connectivity index (χ1v) is 9.00. The van der Waals surface area contributed by atoms with E-state index in [-0.39, 0.29) is 23.5 Å². The van der Waals surface area contributed by atoms with Gasteiger partial charge in [0.1, 0.15) is 5.75 Å². The van der Waals surface area contributed by atoms with Crippen LogP contribution in [-0.2, 0) is 4.79 Å². The summed E-state index contributed by atoms with van der Waals surface area (Å²) >= 11 is 5.75. The van der Waals surface area contributed by atoms with Gasteiger partial charge in [0.25, 0.3) is 0 Å². The molecule has 0 spiro atoms. The van der Waals surface area contributed by atoms with Gasteiger partial charge in [0.05, 0.1) is 10.3 Å². The molecule has 0 fully saturated rings. The average molecular weight is 355 g/mol. The number of carbonyl (C=O) groups is 2. The van der Waals surface area contributed by atoms with E-state index in [1.54, 1.807) is 19.9 Å². The fraction of sp³-hybridized carbons (Fsp3) is 0.294. The van der Waals surface area contributed by atoms with Crippen molar-refractivity contribution in [3.8, 4) is 5.75 Å². The lowest BCUT2D eigenvalue weighted by atomic mass is 10.0. The Morgan fingerprint density at radius 3 is 2.61 bits per heavy atom. The minimum atomic E-state index is -0.883. The molecule has 2 N–H and O–H groups in total. The van der Waals surface area contributed by atoms with Crippen LogP contribution >= 0.6 is 22.5 Å². The zero-order valence-electron chi connectivity index (χ0n) is 12.9. The first-order chi connectivity index (χ1) is 10.7. The first kappa shape index (κ1) is 17.6. The van der Waals surface area contributed by atoms with Crippen LogP contribution in [0.4, 0.5) is 0 Å². The largest absolute Gasteiger partial charge is 0.507 e. The molecule has 1 atom stereocenters. The number of ketones is 1. The summed E-state index contributed by atoms with van der Waals surface area (Å²) in [6.07, 6.45) is 2.67. The number of phenolic OH excluding ortho intramolecular Hbond substituents is 1. The molecule has 23 heavy (non-hydrogen) atoms. The third-order valence-corrected chi connectivity index (χ3v) is 6.62. The van der Waals surface area contributed by atoms with E-state index in [4.69, 9.17) is 11.6 Å². The minimum absolute atomic E-state index is 0.118. The van der Waals surface area contributed by atoms with Gasteiger partial charge in [-0.1, -0.05) is 17.7 Å². The molecular weight excluding hydrogens is 336 g/mol. The van der Waals surface area contributed by atoms with E-state index in [9.17, 15) is 19.8 Å². The van der Waals surface area contributed by atoms with E-state index >= 15 is 0 Å². The highest BCUT2D eigenvalue weighted by Crippen LogP contribution is 2.48. The zero-order valence-corrected chi connectivity index (χ0v) is 14.6. The molecule has 1 aromatic carbocycles. The van der Waals surface area contributed by atoms with Crippen LogP contribution < -0.4 is 0 Å². The molecule has 124 valence electrons. The van der Waals surface area contributed by atoms with Gasteiger partial charge >= 0.3 is 5.97 Å². The molecule has 0 aliphatic carbocycles. The predicted octanol–water partition coefficient (Wildman–Crippen LogP) is 4.28. The standard InChI is InChI=1S/C17H19ClO4S/c1-17(2,16(21)22)23-8-7-11(10-23)3-6-14(19)13-5-4-12(18)9-15(13)20/h4-5,7-10,20,23H,3,6H2,1-2H3,(H,21,22). The van der Waals surface area contributed by atoms with Crippen molar-refractivity contribution in [3.63, 3.8) is 0 Å². The van der Waals surface area contributed by atoms with Gasteiger partial charge in [-0.25, -0.2) is 0 Å². The molecule has 1 aliphatic heterocycles. The van der Waals surface area contributed by atoms with Crippen LogP contribution in [0, 0.1) is 0 Å². The van der Waals surface area contributed by atoms with Crippen molar-refractivity contribution in [2.45, 2.75) is 31.4 Å². The van der Waals surface area contributed by atoms with E-state index in [2.05, 4.69) is 0 Å². The summed E-state index contributed by atoms with van der Waals surface area (Å²) in [5, 5.41) is 23.3. The van der Waals surface area contributed by atoms with Crippen molar-refractivity contribution in [2.75, 3.05) is 0 Å². The highest BCUT2D eigenvalue weighted by molar-refractivity contribution is 8.24. The summed E-state index contributed by atoms with van der Waals surface area (Å²) < 4.78 is -0.813. The molecule has 6 heteroatoms. The van der Waals surface area contributed by atoms with Crippen molar-refractivity contribution in [3.05, 3.63) is 51.3 Å². The highest BCUT2D eigenvalue weighted by atomic mass is 35.5. The van der Waals surface area contributed by atoms with E-state index in [1.165, 1.54) is 12.1 Å². The van der Waals surface area contributed by atoms with E-state index in [1.807, 2.05) is 16.9 Å². The summed E-state index contributed by atoms with van der Waals surface area (Å²) in [4.78, 5) is 23.5. The second kappa shape index (κ2) is 6.81. The number of hydrogen-bond acceptors (Lipinski definition) is 3. The molecule has 0 radical (unpaired) electrons. The number of halogens is 1. The molecular formula is C17H19ClO4S. The average Bonchev–Trinajstić information content (AvgIpc) is 2.94. The predicted molar refractivity (Wildman–Crippen MR) is 94.6 cm³/mol. The Morgan fingerprint density at radius 2 is 2.00 bits per heavy atom. The number of hydrogen-bond donors (Lipinski definition) is 3. The van der Waals surface area contributed by atoms with Crippen LogP contribution in [0.15, 0.2) is 40.7 Å². The van der Waals surface area contributed by atoms with E-state index in [0.717, 1.165) is 5.57 Å². The first-order valence-electron chi connectivity index (χ1n) is 7.14. The van der Waals surface area contributed by atoms with Crippen molar-refractivity contribution >= 4 is 34.2 Å². The minimum Gasteiger partial charge on any atom is -0.507 e. The van der Waals surface area contributed by atoms with E-state index < -0.39 is 21.6 Å². The van der Waals surface area contributed by atoms with Gasteiger partial charge in [-0.15, -0.1) is 0 Å². The van der Waals surface area contributed by atoms with Gasteiger partial charge in [-0.05, 0) is 54.9 Å². The normalized spacial score (nSPS) is 18.7. The Hall–Kier alpha value is -1.72. The molecule has 0 amide bonds. The topological polar surface area (TPSA) is 74.6 Å². The van der Waals surface area contributed by atoms with Gasteiger partial charge < -0.3 is 10.2 Å². The van der Waals surface area contributed by atoms with Crippen LogP contribution in [0.25, 0.3) is 0 Å². The maximum atomic E-state index is 12.2. The molecule has 0 saturated carbocycles. The number of carbonyl (C=O) groups excluding carboxylic acids is 1. The quantitative estimate of drug-likeness (QED) is 0.526. The van der Waals surface area contributed by atoms with Crippen LogP contribution in [0.2, 0.25) is 5.02 Å². The smallest absolute Gasteiger partial charge is 0.318 e. The Labute approximate surface area is 142 Å². The Morgan fingerprint density at radius 1 is 1.30 bits per heavy atom. The third-order valence-electron chi connectivity index (χ3n) is 3.82. The van der Waals surface area contributed by atoms with Crippen LogP contribution in [0.1, 0.15) is 37.0 Å². The van der Waals surface area contributed by atoms with Crippen LogP contribution in [0.5, 0.6) is 5.75 Å². The third kappa shape index (κ3) is 3.98. The number of aliphatic carboxylic acids is 1. The van der Waals surface area contributed by atoms with Gasteiger partial charge in [0.2, 0.25) is 0 Å². The number of carboxylic acid groups (broad SMARTS) is 1. The van der Waals surface area contributed by atoms with Crippen LogP contribution in [0.3, 0.4) is 0 Å². The summed E-state index contributed by atoms with van der Waals surface area (Å²) in [6, 6.07) is 4.43. The number of phenols is 1. The van der Waals surface area contributed by atoms with Crippen LogP contribution in [-0.4, -0.2) is 26.7 Å². The van der Waals surface area contributed by atoms with Crippen molar-refractivity contribution in [2.24, 2.45) is 0 Å². The fourth-order valence-corrected chi connectivity index (χ4v) is 4.27. The molecule has 0 saturated heterocycles. The van der Waals surface area contributed by atoms with Gasteiger partial charge in [0.15, 0.2) is 5.78 Å². The molecule has 1 heterocycles. The summed E-state index contributed by atoms with van der Waals surface area (Å²) in [5.74, 6) is -1.11. The number of carboxylic acids is 1. The van der Waals surface area contributed by atoms with E-state index in [0.29, 0.717) is 11.4 Å². The number of Topliss-reactive ketones (excluding diaryl/α,β-unsaturated/α-hetero) is 1. The molecule has 4 nitrogen and oxygen atoms in total. The monoisotopic (exact) mass is 354 g/mol. The number of thiol groups is 1. The number of rotatable bonds is 6. The second-order valence-corrected chi connectivity index (χ2v) is 8.80. The lowest BCUT2D eigenvalue weighted by Crippen LogP contribution is -2.29. The highest BCUT2D eigenvalue weighted by Gasteiger charge is 2.33. The summed E-state index contributed by atoms with van der Waals surface area (Å²) in [6.45, 7) is 3.42. The fourth-order valence-electron chi connectivity index (χ4n) is 2.18. The second-order valence-electron chi connectivity index (χ2n) is 5.88. The van der Waals surface area contributed by atoms with Gasteiger partial charge in [0, 0.05) is 11.4 Å². The number of allylic oxidation sites excluding steroid dienone is 2. The molecule has 0 bridgehead atoms. The van der Waals surface area contributed by atoms with Gasteiger partial charge in [-0.2, -0.15) is 10.9 Å². The molecule has 2 rings (SSSR count). The number of aromatic hydroxyl groups is 1. The van der Waals surface area contributed by atoms with Crippen molar-refractivity contribution in [1.82, 2.24) is 0 Å². The lowest BCUT2D eigenvalue weighted by Gasteiger charge is -2.27. The molecule has 1 aliphatic rings. The molecule has 0 aromatic heterocycles. The Bertz CT molecular complexity index is 707. The maximum Gasteiger partial charge on any atom is 0.318 e. The Balaban J connectivity index is 2.01. The SMILES string of the molecule is CC(C)(C(=O)O)[SH]1C=CC(CCC(=O)c2ccc(Cl)cc2O)=C1. The molecule has 1 unspecified atom stereocenters.